The van der Waals surface area contributed by atoms with Crippen LogP contribution in [0.3, 0.4) is 0 Å². The monoisotopic (exact) mass is 494 g/mol. The largest absolute Gasteiger partial charge is 0.338 e. The average Bonchev–Trinajstić information content (AvgIpc) is 3.14. The highest BCUT2D eigenvalue weighted by molar-refractivity contribution is 6.38. The van der Waals surface area contributed by atoms with Crippen molar-refractivity contribution in [2.45, 2.75) is 13.1 Å². The van der Waals surface area contributed by atoms with E-state index in [0.717, 1.165) is 16.7 Å². The van der Waals surface area contributed by atoms with Crippen LogP contribution in [-0.4, -0.2) is 26.4 Å². The number of nitrogens with zero attached hydrogens (tertiary/aromatic N) is 4. The molecule has 0 saturated carbocycles. The molecule has 0 aliphatic carbocycles. The molecule has 7 rings (SSSR count). The highest BCUT2D eigenvalue weighted by Gasteiger charge is 2.27. The number of fused-ring (bicyclic) bond motifs is 1. The van der Waals surface area contributed by atoms with E-state index in [0.29, 0.717) is 30.1 Å². The van der Waals surface area contributed by atoms with Crippen LogP contribution in [0, 0.1) is 0 Å². The van der Waals surface area contributed by atoms with Crippen molar-refractivity contribution >= 4 is 66.6 Å². The minimum absolute atomic E-state index is 0.541. The summed E-state index contributed by atoms with van der Waals surface area (Å²) in [5.41, 5.74) is 3.82. The van der Waals surface area contributed by atoms with Crippen LogP contribution >= 0.6 is 23.2 Å². The molecule has 0 bridgehead atoms. The van der Waals surface area contributed by atoms with Gasteiger partial charge in [0.2, 0.25) is 0 Å². The number of benzene rings is 5. The molecule has 0 N–H and O–H groups in total. The summed E-state index contributed by atoms with van der Waals surface area (Å²) >= 11 is 13.4. The van der Waals surface area contributed by atoms with E-state index in [1.165, 1.54) is 37.9 Å². The van der Waals surface area contributed by atoms with E-state index in [1.54, 1.807) is 0 Å². The van der Waals surface area contributed by atoms with E-state index in [-0.39, 0.29) is 0 Å². The summed E-state index contributed by atoms with van der Waals surface area (Å²) in [7, 11) is 0. The van der Waals surface area contributed by atoms with Crippen molar-refractivity contribution in [3.05, 3.63) is 107 Å². The van der Waals surface area contributed by atoms with E-state index in [4.69, 9.17) is 28.2 Å². The number of rotatable bonds is 4. The van der Waals surface area contributed by atoms with Crippen LogP contribution in [0.15, 0.2) is 95.4 Å². The van der Waals surface area contributed by atoms with Crippen molar-refractivity contribution in [1.29, 1.82) is 0 Å². The van der Waals surface area contributed by atoms with Crippen molar-refractivity contribution in [2.24, 2.45) is 0 Å². The van der Waals surface area contributed by atoms with Crippen LogP contribution in [0.1, 0.15) is 11.3 Å². The second kappa shape index (κ2) is 7.98. The van der Waals surface area contributed by atoms with Gasteiger partial charge >= 0.3 is 0 Å². The van der Waals surface area contributed by atoms with Crippen molar-refractivity contribution in [1.82, 2.24) is 19.8 Å². The summed E-state index contributed by atoms with van der Waals surface area (Å²) in [4.78, 5) is 13.4. The summed E-state index contributed by atoms with van der Waals surface area (Å²) in [6, 6.07) is 27.7. The van der Waals surface area contributed by atoms with Crippen LogP contribution in [-0.2, 0) is 13.1 Å². The molecule has 1 aliphatic rings. The highest BCUT2D eigenvalue weighted by Crippen LogP contribution is 2.37. The van der Waals surface area contributed by atoms with Crippen molar-refractivity contribution in [2.75, 3.05) is 6.67 Å². The number of hydrogen-bond acceptors (Lipinski definition) is 4. The van der Waals surface area contributed by atoms with Gasteiger partial charge in [-0.15, -0.1) is 0 Å². The molecule has 0 unspecified atom stereocenters. The first-order valence-corrected chi connectivity index (χ1v) is 12.3. The Kier molecular flexibility index (Phi) is 4.73. The number of halogens is 2. The third-order valence-electron chi connectivity index (χ3n) is 6.81. The molecule has 170 valence electrons. The molecule has 4 nitrogen and oxygen atoms in total. The van der Waals surface area contributed by atoms with Crippen LogP contribution in [0.5, 0.6) is 0 Å². The molecule has 1 aromatic heterocycles. The minimum Gasteiger partial charge on any atom is -0.338 e. The van der Waals surface area contributed by atoms with E-state index in [2.05, 4.69) is 64.5 Å². The maximum absolute atomic E-state index is 6.70. The predicted molar refractivity (Wildman–Crippen MR) is 144 cm³/mol. The summed E-state index contributed by atoms with van der Waals surface area (Å²) in [6.45, 7) is 1.81. The van der Waals surface area contributed by atoms with Crippen molar-refractivity contribution in [3.8, 4) is 0 Å². The van der Waals surface area contributed by atoms with Gasteiger partial charge < -0.3 is 9.80 Å². The summed E-state index contributed by atoms with van der Waals surface area (Å²) < 4.78 is 0. The summed E-state index contributed by atoms with van der Waals surface area (Å²) in [6.07, 6.45) is 1.81. The van der Waals surface area contributed by atoms with Gasteiger partial charge in [-0.25, -0.2) is 4.98 Å². The molecule has 0 fully saturated rings. The normalized spacial score (nSPS) is 14.5. The molecule has 0 radical (unpaired) electrons. The Morgan fingerprint density at radius 2 is 1.26 bits per heavy atom. The van der Waals surface area contributed by atoms with Gasteiger partial charge in [0.1, 0.15) is 10.3 Å². The molecule has 6 heteroatoms. The van der Waals surface area contributed by atoms with Gasteiger partial charge in [0.05, 0.1) is 36.1 Å². The molecule has 35 heavy (non-hydrogen) atoms. The fourth-order valence-electron chi connectivity index (χ4n) is 5.23. The number of aromatic nitrogens is 2. The first-order chi connectivity index (χ1) is 17.1. The Balaban J connectivity index is 1.18. The molecule has 0 spiro atoms. The van der Waals surface area contributed by atoms with Crippen molar-refractivity contribution in [3.63, 3.8) is 0 Å². The Hall–Kier alpha value is -3.60. The highest BCUT2D eigenvalue weighted by atomic mass is 35.5. The Labute approximate surface area is 212 Å². The summed E-state index contributed by atoms with van der Waals surface area (Å²) in [5.74, 6) is 0. The van der Waals surface area contributed by atoms with Gasteiger partial charge in [-0.1, -0.05) is 77.8 Å². The molecule has 6 aromatic rings. The number of para-hydroxylation sites is 2. The van der Waals surface area contributed by atoms with Gasteiger partial charge in [0.15, 0.2) is 0 Å². The lowest BCUT2D eigenvalue weighted by molar-refractivity contribution is 0.246. The van der Waals surface area contributed by atoms with E-state index < -0.39 is 0 Å². The Bertz CT molecular complexity index is 1710. The van der Waals surface area contributed by atoms with Gasteiger partial charge in [0, 0.05) is 6.54 Å². The fourth-order valence-corrected chi connectivity index (χ4v) is 5.69. The van der Waals surface area contributed by atoms with E-state index >= 15 is 0 Å². The lowest BCUT2D eigenvalue weighted by Crippen LogP contribution is -2.26. The maximum atomic E-state index is 6.70. The quantitative estimate of drug-likeness (QED) is 0.188. The van der Waals surface area contributed by atoms with Crippen LogP contribution in [0.4, 0.5) is 0 Å². The van der Waals surface area contributed by atoms with Gasteiger partial charge in [-0.05, 0) is 62.1 Å². The zero-order valence-corrected chi connectivity index (χ0v) is 20.3. The second-order valence-electron chi connectivity index (χ2n) is 9.10. The van der Waals surface area contributed by atoms with Crippen LogP contribution in [0.25, 0.3) is 43.4 Å². The third kappa shape index (κ3) is 3.44. The minimum atomic E-state index is 0.541. The van der Waals surface area contributed by atoms with Gasteiger partial charge in [-0.2, -0.15) is 0 Å². The first-order valence-electron chi connectivity index (χ1n) is 11.6. The average molecular weight is 495 g/mol. The van der Waals surface area contributed by atoms with Gasteiger partial charge in [-0.3, -0.25) is 4.98 Å². The molecular weight excluding hydrogens is 475 g/mol. The second-order valence-corrected chi connectivity index (χ2v) is 9.81. The zero-order valence-electron chi connectivity index (χ0n) is 18.7. The third-order valence-corrected chi connectivity index (χ3v) is 7.75. The van der Waals surface area contributed by atoms with Gasteiger partial charge in [0.25, 0.3) is 0 Å². The molecule has 5 aromatic carbocycles. The van der Waals surface area contributed by atoms with E-state index in [9.17, 15) is 0 Å². The SMILES string of the molecule is ClC1=C(Cl)N(Cc2cnc3ccccc3n2)CN1Cc1cc2ccc3cccc4ccc(c1)c2c34. The van der Waals surface area contributed by atoms with Crippen LogP contribution < -0.4 is 0 Å². The smallest absolute Gasteiger partial charge is 0.142 e. The standard InChI is InChI=1S/C29H20Cl2N4/c30-28-29(31)35(16-23-14-32-24-6-1-2-7-25(24)33-23)17-34(28)15-18-12-21-10-8-19-4-3-5-20-9-11-22(13-18)27(21)26(19)20/h1-14H,15-17H2. The maximum Gasteiger partial charge on any atom is 0.142 e. The Morgan fingerprint density at radius 1 is 0.657 bits per heavy atom. The molecule has 0 atom stereocenters. The predicted octanol–water partition coefficient (Wildman–Crippen LogP) is 7.41. The Morgan fingerprint density at radius 3 is 1.97 bits per heavy atom. The molecule has 1 aliphatic heterocycles. The lowest BCUT2D eigenvalue weighted by atomic mass is 9.93. The molecular formula is C29H20Cl2N4. The lowest BCUT2D eigenvalue weighted by Gasteiger charge is -2.23. The first kappa shape index (κ1) is 20.7. The molecule has 0 amide bonds. The molecule has 0 saturated heterocycles. The van der Waals surface area contributed by atoms with Crippen LogP contribution in [0.2, 0.25) is 0 Å². The zero-order chi connectivity index (χ0) is 23.5. The fraction of sp³-hybridized carbons (Fsp3) is 0.103. The topological polar surface area (TPSA) is 32.3 Å². The van der Waals surface area contributed by atoms with E-state index in [1.807, 2.05) is 35.4 Å². The number of hydrogen-bond donors (Lipinski definition) is 0. The molecule has 2 heterocycles. The van der Waals surface area contributed by atoms with Crippen molar-refractivity contribution < 1.29 is 0 Å². The summed E-state index contributed by atoms with van der Waals surface area (Å²) in [5, 5.41) is 8.80.